The quantitative estimate of drug-likeness (QED) is 0.536. The summed E-state index contributed by atoms with van der Waals surface area (Å²) in [5.74, 6) is -0.324. The van der Waals surface area contributed by atoms with Crippen LogP contribution in [0.2, 0.25) is 0 Å². The lowest BCUT2D eigenvalue weighted by molar-refractivity contribution is 0.0595. The molecule has 1 aromatic rings. The van der Waals surface area contributed by atoms with E-state index in [-0.39, 0.29) is 5.97 Å². The Bertz CT molecular complexity index is 325. The summed E-state index contributed by atoms with van der Waals surface area (Å²) in [4.78, 5) is 15.4. The molecule has 1 rings (SSSR count). The van der Waals surface area contributed by atoms with Gasteiger partial charge in [0.15, 0.2) is 0 Å². The Morgan fingerprint density at radius 3 is 2.85 bits per heavy atom. The molecule has 0 aliphatic heterocycles. The van der Waals surface area contributed by atoms with Crippen LogP contribution >= 0.6 is 11.8 Å². The molecule has 0 unspecified atom stereocenters. The number of carbonyl (C=O) groups is 1. The first kappa shape index (κ1) is 10.1. The van der Waals surface area contributed by atoms with Crippen molar-refractivity contribution in [3.8, 4) is 0 Å². The van der Waals surface area contributed by atoms with E-state index >= 15 is 0 Å². The fourth-order valence-electron chi connectivity index (χ4n) is 1.04. The minimum absolute atomic E-state index is 0.324. The second-order valence-electron chi connectivity index (χ2n) is 2.50. The number of hydrogen-bond donors (Lipinski definition) is 0. The summed E-state index contributed by atoms with van der Waals surface area (Å²) in [7, 11) is 1.37. The Kier molecular flexibility index (Phi) is 3.31. The van der Waals surface area contributed by atoms with E-state index in [9.17, 15) is 4.79 Å². The molecule has 70 valence electrons. The van der Waals surface area contributed by atoms with Crippen molar-refractivity contribution in [2.45, 2.75) is 11.9 Å². The molecule has 0 aromatic carbocycles. The van der Waals surface area contributed by atoms with Crippen LogP contribution in [0.25, 0.3) is 0 Å². The lowest BCUT2D eigenvalue weighted by Crippen LogP contribution is -2.06. The van der Waals surface area contributed by atoms with E-state index in [0.717, 1.165) is 5.56 Å². The topological polar surface area (TPSA) is 39.2 Å². The minimum atomic E-state index is -0.324. The van der Waals surface area contributed by atoms with Crippen LogP contribution in [-0.2, 0) is 4.74 Å². The Morgan fingerprint density at radius 2 is 2.31 bits per heavy atom. The zero-order chi connectivity index (χ0) is 9.84. The molecule has 0 spiro atoms. The van der Waals surface area contributed by atoms with Gasteiger partial charge in [0.25, 0.3) is 0 Å². The van der Waals surface area contributed by atoms with Crippen molar-refractivity contribution in [2.24, 2.45) is 0 Å². The number of ether oxygens (including phenoxy) is 1. The van der Waals surface area contributed by atoms with Gasteiger partial charge in [0.1, 0.15) is 5.03 Å². The van der Waals surface area contributed by atoms with Crippen molar-refractivity contribution in [3.05, 3.63) is 23.4 Å². The molecule has 1 aromatic heterocycles. The summed E-state index contributed by atoms with van der Waals surface area (Å²) in [5, 5.41) is 0.715. The van der Waals surface area contributed by atoms with Crippen LogP contribution < -0.4 is 0 Å². The van der Waals surface area contributed by atoms with Gasteiger partial charge in [-0.2, -0.15) is 0 Å². The summed E-state index contributed by atoms with van der Waals surface area (Å²) in [5.41, 5.74) is 1.46. The molecular formula is C9H11NO2S. The summed E-state index contributed by atoms with van der Waals surface area (Å²) >= 11 is 1.44. The summed E-state index contributed by atoms with van der Waals surface area (Å²) < 4.78 is 4.67. The van der Waals surface area contributed by atoms with E-state index in [1.807, 2.05) is 13.2 Å². The van der Waals surface area contributed by atoms with Gasteiger partial charge in [-0.15, -0.1) is 11.8 Å². The van der Waals surface area contributed by atoms with Gasteiger partial charge in [-0.25, -0.2) is 9.78 Å². The van der Waals surface area contributed by atoms with Crippen LogP contribution in [-0.4, -0.2) is 24.3 Å². The molecule has 0 atom stereocenters. The number of methoxy groups -OCH3 is 1. The molecule has 0 N–H and O–H groups in total. The number of thioether (sulfide) groups is 1. The van der Waals surface area contributed by atoms with E-state index in [1.165, 1.54) is 18.9 Å². The van der Waals surface area contributed by atoms with Crippen LogP contribution in [0.1, 0.15) is 15.9 Å². The lowest BCUT2D eigenvalue weighted by atomic mass is 10.2. The fourth-order valence-corrected chi connectivity index (χ4v) is 1.65. The number of hydrogen-bond acceptors (Lipinski definition) is 4. The zero-order valence-corrected chi connectivity index (χ0v) is 8.64. The maximum atomic E-state index is 11.3. The molecule has 0 bridgehead atoms. The van der Waals surface area contributed by atoms with Crippen molar-refractivity contribution in [1.29, 1.82) is 0 Å². The summed E-state index contributed by atoms with van der Waals surface area (Å²) in [6.45, 7) is 1.87. The van der Waals surface area contributed by atoms with Gasteiger partial charge in [-0.1, -0.05) is 0 Å². The Hall–Kier alpha value is -1.03. The number of esters is 1. The fraction of sp³-hybridized carbons (Fsp3) is 0.333. The molecule has 0 aliphatic rings. The van der Waals surface area contributed by atoms with Crippen LogP contribution in [0.5, 0.6) is 0 Å². The van der Waals surface area contributed by atoms with Crippen LogP contribution in [0.3, 0.4) is 0 Å². The SMILES string of the molecule is COC(=O)c1c(C)ccnc1SC. The third-order valence-corrected chi connectivity index (χ3v) is 2.40. The first-order chi connectivity index (χ1) is 6.20. The van der Waals surface area contributed by atoms with Crippen molar-refractivity contribution in [1.82, 2.24) is 4.98 Å². The number of aryl methyl sites for hydroxylation is 1. The molecule has 1 heterocycles. The summed E-state index contributed by atoms with van der Waals surface area (Å²) in [6.07, 6.45) is 3.57. The zero-order valence-electron chi connectivity index (χ0n) is 7.83. The molecule has 0 fully saturated rings. The predicted octanol–water partition coefficient (Wildman–Crippen LogP) is 1.90. The first-order valence-corrected chi connectivity index (χ1v) is 5.01. The normalized spacial score (nSPS) is 9.77. The second-order valence-corrected chi connectivity index (χ2v) is 3.30. The molecule has 0 aliphatic carbocycles. The van der Waals surface area contributed by atoms with E-state index in [0.29, 0.717) is 10.6 Å². The van der Waals surface area contributed by atoms with Crippen LogP contribution in [0, 0.1) is 6.92 Å². The monoisotopic (exact) mass is 197 g/mol. The highest BCUT2D eigenvalue weighted by Crippen LogP contribution is 2.20. The van der Waals surface area contributed by atoms with E-state index in [2.05, 4.69) is 9.72 Å². The maximum Gasteiger partial charge on any atom is 0.340 e. The van der Waals surface area contributed by atoms with Gasteiger partial charge >= 0.3 is 5.97 Å². The highest BCUT2D eigenvalue weighted by atomic mass is 32.2. The Balaban J connectivity index is 3.22. The number of pyridine rings is 1. The Labute approximate surface area is 81.5 Å². The number of nitrogens with zero attached hydrogens (tertiary/aromatic N) is 1. The molecule has 0 saturated heterocycles. The predicted molar refractivity (Wildman–Crippen MR) is 52.1 cm³/mol. The standard InChI is InChI=1S/C9H11NO2S/c1-6-4-5-10-8(13-3)7(6)9(11)12-2/h4-5H,1-3H3. The van der Waals surface area contributed by atoms with Gasteiger partial charge in [0, 0.05) is 6.20 Å². The minimum Gasteiger partial charge on any atom is -0.465 e. The van der Waals surface area contributed by atoms with Gasteiger partial charge in [-0.3, -0.25) is 0 Å². The van der Waals surface area contributed by atoms with Gasteiger partial charge in [0.2, 0.25) is 0 Å². The summed E-state index contributed by atoms with van der Waals surface area (Å²) in [6, 6.07) is 1.80. The molecule has 4 heteroatoms. The molecule has 0 radical (unpaired) electrons. The van der Waals surface area contributed by atoms with Crippen molar-refractivity contribution in [3.63, 3.8) is 0 Å². The molecule has 0 saturated carbocycles. The molecular weight excluding hydrogens is 186 g/mol. The average molecular weight is 197 g/mol. The van der Waals surface area contributed by atoms with Crippen molar-refractivity contribution < 1.29 is 9.53 Å². The van der Waals surface area contributed by atoms with Crippen molar-refractivity contribution >= 4 is 17.7 Å². The third kappa shape index (κ3) is 2.01. The first-order valence-electron chi connectivity index (χ1n) is 3.78. The molecule has 3 nitrogen and oxygen atoms in total. The average Bonchev–Trinajstić information content (AvgIpc) is 2.16. The van der Waals surface area contributed by atoms with E-state index < -0.39 is 0 Å². The van der Waals surface area contributed by atoms with Crippen LogP contribution in [0.15, 0.2) is 17.3 Å². The van der Waals surface area contributed by atoms with Crippen LogP contribution in [0.4, 0.5) is 0 Å². The largest absolute Gasteiger partial charge is 0.465 e. The van der Waals surface area contributed by atoms with Crippen molar-refractivity contribution in [2.75, 3.05) is 13.4 Å². The number of aromatic nitrogens is 1. The molecule has 13 heavy (non-hydrogen) atoms. The van der Waals surface area contributed by atoms with E-state index in [4.69, 9.17) is 0 Å². The molecule has 0 amide bonds. The maximum absolute atomic E-state index is 11.3. The number of rotatable bonds is 2. The highest BCUT2D eigenvalue weighted by molar-refractivity contribution is 7.98. The lowest BCUT2D eigenvalue weighted by Gasteiger charge is -2.06. The van der Waals surface area contributed by atoms with Gasteiger partial charge < -0.3 is 4.74 Å². The Morgan fingerprint density at radius 1 is 1.62 bits per heavy atom. The van der Waals surface area contributed by atoms with E-state index in [1.54, 1.807) is 12.3 Å². The smallest absolute Gasteiger partial charge is 0.340 e. The highest BCUT2D eigenvalue weighted by Gasteiger charge is 2.14. The van der Waals surface area contributed by atoms with Gasteiger partial charge in [-0.05, 0) is 24.8 Å². The third-order valence-electron chi connectivity index (χ3n) is 1.71. The number of carbonyl (C=O) groups excluding carboxylic acids is 1. The second kappa shape index (κ2) is 4.28. The van der Waals surface area contributed by atoms with Gasteiger partial charge in [0.05, 0.1) is 12.7 Å².